The summed E-state index contributed by atoms with van der Waals surface area (Å²) in [5, 5.41) is 20.9. The van der Waals surface area contributed by atoms with E-state index in [1.807, 2.05) is 0 Å². The predicted octanol–water partition coefficient (Wildman–Crippen LogP) is 3.32. The number of nitro benzene ring substituents is 1. The Morgan fingerprint density at radius 1 is 1.28 bits per heavy atom. The molecule has 1 heterocycles. The van der Waals surface area contributed by atoms with Crippen LogP contribution in [0.4, 0.5) is 11.4 Å². The number of carbonyl (C=O) groups excluding carboxylic acids is 2. The van der Waals surface area contributed by atoms with Crippen LogP contribution in [0.1, 0.15) is 15.9 Å². The number of amides is 1. The number of thioether (sulfide) groups is 1. The summed E-state index contributed by atoms with van der Waals surface area (Å²) in [6.07, 6.45) is 1.50. The third-order valence-corrected chi connectivity index (χ3v) is 5.07. The second-order valence-electron chi connectivity index (χ2n) is 5.91. The number of carbonyl (C=O) groups is 2. The van der Waals surface area contributed by atoms with Crippen LogP contribution >= 0.6 is 11.8 Å². The zero-order chi connectivity index (χ0) is 21.1. The number of aliphatic imine (C=N–C) groups is 1. The van der Waals surface area contributed by atoms with Gasteiger partial charge in [0.05, 0.1) is 28.2 Å². The van der Waals surface area contributed by atoms with Crippen LogP contribution in [0.3, 0.4) is 0 Å². The second kappa shape index (κ2) is 8.15. The Morgan fingerprint density at radius 3 is 2.59 bits per heavy atom. The van der Waals surface area contributed by atoms with Crippen LogP contribution in [-0.2, 0) is 9.53 Å². The van der Waals surface area contributed by atoms with Gasteiger partial charge in [0.15, 0.2) is 10.9 Å². The molecule has 0 atom stereocenters. The van der Waals surface area contributed by atoms with Crippen molar-refractivity contribution in [3.05, 3.63) is 68.6 Å². The standard InChI is InChI=1S/C19H15N3O6S/c1-21-17(24)16(10-11-3-8-15(23)14(9-11)22(26)27)29-19(21)20-13-6-4-12(5-7-13)18(25)28-2/h3-10,23H,1-2H3/b16-10+,20-19?. The van der Waals surface area contributed by atoms with E-state index in [0.717, 1.165) is 11.8 Å². The number of ether oxygens (including phenoxy) is 1. The first-order valence-corrected chi connectivity index (χ1v) is 9.04. The average Bonchev–Trinajstić information content (AvgIpc) is 2.97. The van der Waals surface area contributed by atoms with E-state index in [4.69, 9.17) is 0 Å². The molecule has 1 N–H and O–H groups in total. The molecule has 0 unspecified atom stereocenters. The normalized spacial score (nSPS) is 16.5. The maximum absolute atomic E-state index is 12.5. The van der Waals surface area contributed by atoms with Crippen LogP contribution < -0.4 is 0 Å². The summed E-state index contributed by atoms with van der Waals surface area (Å²) < 4.78 is 4.64. The molecule has 148 valence electrons. The molecule has 0 bridgehead atoms. The molecular weight excluding hydrogens is 398 g/mol. The van der Waals surface area contributed by atoms with Gasteiger partial charge >= 0.3 is 11.7 Å². The molecule has 0 saturated carbocycles. The van der Waals surface area contributed by atoms with Crippen molar-refractivity contribution < 1.29 is 24.4 Å². The third-order valence-electron chi connectivity index (χ3n) is 4.01. The zero-order valence-electron chi connectivity index (χ0n) is 15.4. The topological polar surface area (TPSA) is 122 Å². The Labute approximate surface area is 169 Å². The Balaban J connectivity index is 1.87. The summed E-state index contributed by atoms with van der Waals surface area (Å²) in [4.78, 5) is 40.3. The lowest BCUT2D eigenvalue weighted by molar-refractivity contribution is -0.385. The molecule has 0 aliphatic carbocycles. The van der Waals surface area contributed by atoms with E-state index in [9.17, 15) is 24.8 Å². The van der Waals surface area contributed by atoms with Crippen LogP contribution in [-0.4, -0.2) is 46.1 Å². The molecule has 1 fully saturated rings. The quantitative estimate of drug-likeness (QED) is 0.353. The minimum Gasteiger partial charge on any atom is -0.502 e. The molecule has 1 aliphatic rings. The van der Waals surface area contributed by atoms with E-state index >= 15 is 0 Å². The first-order valence-electron chi connectivity index (χ1n) is 8.22. The summed E-state index contributed by atoms with van der Waals surface area (Å²) in [5.74, 6) is -1.21. The first kappa shape index (κ1) is 20.1. The Bertz CT molecular complexity index is 1060. The third kappa shape index (κ3) is 4.27. The number of likely N-dealkylation sites (N-methyl/N-ethyl adjacent to an activating group) is 1. The highest BCUT2D eigenvalue weighted by atomic mass is 32.2. The number of nitro groups is 1. The molecule has 0 radical (unpaired) electrons. The van der Waals surface area contributed by atoms with Crippen LogP contribution in [0.15, 0.2) is 52.4 Å². The summed E-state index contributed by atoms with van der Waals surface area (Å²) in [7, 11) is 2.86. The number of hydrogen-bond acceptors (Lipinski definition) is 8. The van der Waals surface area contributed by atoms with Crippen molar-refractivity contribution in [1.29, 1.82) is 0 Å². The van der Waals surface area contributed by atoms with Crippen LogP contribution in [0.25, 0.3) is 6.08 Å². The highest BCUT2D eigenvalue weighted by Gasteiger charge is 2.30. The summed E-state index contributed by atoms with van der Waals surface area (Å²) in [6.45, 7) is 0. The van der Waals surface area contributed by atoms with Crippen molar-refractivity contribution >= 4 is 46.3 Å². The first-order chi connectivity index (χ1) is 13.8. The lowest BCUT2D eigenvalue weighted by Crippen LogP contribution is -2.23. The number of methoxy groups -OCH3 is 1. The van der Waals surface area contributed by atoms with Gasteiger partial charge in [0.2, 0.25) is 0 Å². The van der Waals surface area contributed by atoms with Crippen molar-refractivity contribution in [1.82, 2.24) is 4.90 Å². The number of phenolic OH excluding ortho intramolecular Hbond substituents is 1. The van der Waals surface area contributed by atoms with E-state index in [1.54, 1.807) is 31.3 Å². The van der Waals surface area contributed by atoms with Crippen molar-refractivity contribution in [2.45, 2.75) is 0 Å². The minimum absolute atomic E-state index is 0.310. The smallest absolute Gasteiger partial charge is 0.337 e. The Kier molecular flexibility index (Phi) is 5.64. The molecule has 2 aromatic carbocycles. The number of amidine groups is 1. The molecule has 0 aromatic heterocycles. The fourth-order valence-electron chi connectivity index (χ4n) is 2.48. The number of benzene rings is 2. The number of nitrogens with zero attached hydrogens (tertiary/aromatic N) is 3. The Hall–Kier alpha value is -3.66. The van der Waals surface area contributed by atoms with E-state index in [1.165, 1.54) is 36.3 Å². The van der Waals surface area contributed by atoms with Gasteiger partial charge in [-0.1, -0.05) is 6.07 Å². The molecule has 1 aliphatic heterocycles. The number of esters is 1. The SMILES string of the molecule is COC(=O)c1ccc(N=C2S/C(=C/c3ccc(O)c([N+](=O)[O-])c3)C(=O)N2C)cc1. The maximum atomic E-state index is 12.5. The molecular formula is C19H15N3O6S. The van der Waals surface area contributed by atoms with E-state index in [2.05, 4.69) is 9.73 Å². The highest BCUT2D eigenvalue weighted by Crippen LogP contribution is 2.34. The van der Waals surface area contributed by atoms with Gasteiger partial charge in [0.1, 0.15) is 0 Å². The van der Waals surface area contributed by atoms with Crippen LogP contribution in [0.2, 0.25) is 0 Å². The van der Waals surface area contributed by atoms with Gasteiger partial charge in [-0.3, -0.25) is 19.8 Å². The van der Waals surface area contributed by atoms with Gasteiger partial charge in [-0.2, -0.15) is 0 Å². The summed E-state index contributed by atoms with van der Waals surface area (Å²) in [6, 6.07) is 10.3. The summed E-state index contributed by atoms with van der Waals surface area (Å²) >= 11 is 1.11. The lowest BCUT2D eigenvalue weighted by atomic mass is 10.1. The molecule has 0 spiro atoms. The van der Waals surface area contributed by atoms with Gasteiger partial charge in [0, 0.05) is 13.1 Å². The number of rotatable bonds is 4. The number of hydrogen-bond donors (Lipinski definition) is 1. The van der Waals surface area contributed by atoms with Crippen molar-refractivity contribution in [3.63, 3.8) is 0 Å². The monoisotopic (exact) mass is 413 g/mol. The number of phenols is 1. The van der Waals surface area contributed by atoms with Crippen LogP contribution in [0.5, 0.6) is 5.75 Å². The van der Waals surface area contributed by atoms with Crippen LogP contribution in [0, 0.1) is 10.1 Å². The molecule has 9 nitrogen and oxygen atoms in total. The molecule has 10 heteroatoms. The average molecular weight is 413 g/mol. The van der Waals surface area contributed by atoms with Crippen molar-refractivity contribution in [2.75, 3.05) is 14.2 Å². The van der Waals surface area contributed by atoms with Gasteiger partial charge in [-0.15, -0.1) is 0 Å². The Morgan fingerprint density at radius 2 is 1.97 bits per heavy atom. The van der Waals surface area contributed by atoms with Gasteiger partial charge in [-0.25, -0.2) is 9.79 Å². The van der Waals surface area contributed by atoms with Crippen molar-refractivity contribution in [3.8, 4) is 5.75 Å². The molecule has 1 amide bonds. The number of aromatic hydroxyl groups is 1. The summed E-state index contributed by atoms with van der Waals surface area (Å²) in [5.41, 5.74) is 0.890. The van der Waals surface area contributed by atoms with Gasteiger partial charge in [0.25, 0.3) is 5.91 Å². The van der Waals surface area contributed by atoms with E-state index < -0.39 is 22.3 Å². The van der Waals surface area contributed by atoms with E-state index in [0.29, 0.717) is 26.9 Å². The van der Waals surface area contributed by atoms with Gasteiger partial charge in [-0.05, 0) is 53.7 Å². The van der Waals surface area contributed by atoms with E-state index in [-0.39, 0.29) is 5.91 Å². The fraction of sp³-hybridized carbons (Fsp3) is 0.105. The predicted molar refractivity (Wildman–Crippen MR) is 108 cm³/mol. The largest absolute Gasteiger partial charge is 0.502 e. The lowest BCUT2D eigenvalue weighted by Gasteiger charge is -2.07. The molecule has 3 rings (SSSR count). The molecule has 29 heavy (non-hydrogen) atoms. The molecule has 1 saturated heterocycles. The maximum Gasteiger partial charge on any atom is 0.337 e. The molecule has 2 aromatic rings. The second-order valence-corrected chi connectivity index (χ2v) is 6.92. The highest BCUT2D eigenvalue weighted by molar-refractivity contribution is 8.18. The van der Waals surface area contributed by atoms with Crippen molar-refractivity contribution in [2.24, 2.45) is 4.99 Å². The minimum atomic E-state index is -0.696. The fourth-order valence-corrected chi connectivity index (χ4v) is 3.47. The van der Waals surface area contributed by atoms with Gasteiger partial charge < -0.3 is 9.84 Å². The zero-order valence-corrected chi connectivity index (χ0v) is 16.2.